The van der Waals surface area contributed by atoms with Gasteiger partial charge in [0, 0.05) is 22.7 Å². The van der Waals surface area contributed by atoms with Crippen molar-refractivity contribution in [2.45, 2.75) is 91.3 Å². The van der Waals surface area contributed by atoms with Gasteiger partial charge in [-0.05, 0) is 86.2 Å². The van der Waals surface area contributed by atoms with Gasteiger partial charge in [0.05, 0.1) is 36.6 Å². The first-order chi connectivity index (χ1) is 25.0. The molecule has 8 aliphatic rings. The molecular formula is C40H52O11P2. The summed E-state index contributed by atoms with van der Waals surface area (Å²) < 4.78 is 68.8. The third kappa shape index (κ3) is 6.12. The van der Waals surface area contributed by atoms with Crippen molar-refractivity contribution in [1.82, 2.24) is 0 Å². The number of allylic oxidation sites excluding steroid dienone is 4. The standard InChI is InChI=1S/C40H52O11P2/c1-25-7-13-31-37(3,29(25)11-9-27-17-21-45-35(27)41)19-15-33-39(31,5)23-47-52(43,49-33)51-53(44)48-24-40(6)32-14-8-26(2)30(12-10-28-18-22-46-36(28)42)38(32,4)20-16-34(40)50-53/h9-12,17-18,29-34H,1-2,7-8,13-16,19-24H2,3-6H3/b11-9+,12-10+/t29-,30-,31+,32+,33-,34-,37+,38+,39+,40+,52-,53+/m1/s1. The fourth-order valence-corrected chi connectivity index (χ4v) is 15.7. The molecule has 0 aromatic rings. The topological polar surface area (TPSA) is 133 Å². The van der Waals surface area contributed by atoms with Crippen LogP contribution >= 0.6 is 15.6 Å². The van der Waals surface area contributed by atoms with Crippen LogP contribution in [0.25, 0.3) is 0 Å². The Labute approximate surface area is 312 Å². The molecule has 0 unspecified atom stereocenters. The van der Waals surface area contributed by atoms with Crippen molar-refractivity contribution in [3.8, 4) is 0 Å². The number of phosphoric ester groups is 2. The van der Waals surface area contributed by atoms with Crippen LogP contribution in [0.1, 0.15) is 79.1 Å². The molecule has 11 nitrogen and oxygen atoms in total. The number of fused-ring (bicyclic) bond motifs is 6. The minimum absolute atomic E-state index is 0.0295. The molecule has 4 heterocycles. The van der Waals surface area contributed by atoms with E-state index in [9.17, 15) is 18.7 Å². The lowest BCUT2D eigenvalue weighted by Gasteiger charge is -2.62. The fraction of sp³-hybridized carbons (Fsp3) is 0.650. The molecule has 2 saturated heterocycles. The monoisotopic (exact) mass is 770 g/mol. The Balaban J connectivity index is 0.953. The molecule has 13 heteroatoms. The first-order valence-corrected chi connectivity index (χ1v) is 22.0. The predicted molar refractivity (Wildman–Crippen MR) is 196 cm³/mol. The molecule has 8 rings (SSSR count). The van der Waals surface area contributed by atoms with Crippen LogP contribution in [0.15, 0.2) is 71.9 Å². The van der Waals surface area contributed by atoms with Crippen LogP contribution in [-0.4, -0.2) is 50.6 Å². The Kier molecular flexibility index (Phi) is 9.29. The summed E-state index contributed by atoms with van der Waals surface area (Å²) in [4.78, 5) is 24.2. The number of carbonyl (C=O) groups is 2. The minimum Gasteiger partial charge on any atom is -0.458 e. The Morgan fingerprint density at radius 2 is 1.09 bits per heavy atom. The highest BCUT2D eigenvalue weighted by atomic mass is 31.3. The fourth-order valence-electron chi connectivity index (χ4n) is 11.7. The summed E-state index contributed by atoms with van der Waals surface area (Å²) in [5.74, 6) is -0.296. The second kappa shape index (κ2) is 13.1. The summed E-state index contributed by atoms with van der Waals surface area (Å²) in [7, 11) is -8.66. The van der Waals surface area contributed by atoms with E-state index in [1.165, 1.54) is 0 Å². The molecule has 4 aliphatic heterocycles. The van der Waals surface area contributed by atoms with Crippen LogP contribution in [0.5, 0.6) is 0 Å². The highest BCUT2D eigenvalue weighted by Crippen LogP contribution is 2.76. The molecule has 0 amide bonds. The van der Waals surface area contributed by atoms with Gasteiger partial charge in [0.25, 0.3) is 0 Å². The number of carbonyl (C=O) groups excluding carboxylic acids is 2. The first-order valence-electron chi connectivity index (χ1n) is 19.1. The van der Waals surface area contributed by atoms with Gasteiger partial charge in [0.1, 0.15) is 13.2 Å². The number of cyclic esters (lactones) is 2. The number of hydrogen-bond donors (Lipinski definition) is 0. The van der Waals surface area contributed by atoms with Gasteiger partial charge < -0.3 is 9.47 Å². The predicted octanol–water partition coefficient (Wildman–Crippen LogP) is 8.91. The normalized spacial score (nSPS) is 48.4. The first kappa shape index (κ1) is 37.6. The van der Waals surface area contributed by atoms with Gasteiger partial charge in [0.2, 0.25) is 0 Å². The molecule has 0 radical (unpaired) electrons. The van der Waals surface area contributed by atoms with Crippen LogP contribution in [0.2, 0.25) is 0 Å². The van der Waals surface area contributed by atoms with Crippen molar-refractivity contribution < 1.29 is 50.6 Å². The molecule has 0 aromatic carbocycles. The molecule has 288 valence electrons. The number of phosphoric acid groups is 2. The van der Waals surface area contributed by atoms with E-state index in [0.717, 1.165) is 49.7 Å². The molecule has 0 bridgehead atoms. The van der Waals surface area contributed by atoms with E-state index in [4.69, 9.17) is 31.9 Å². The van der Waals surface area contributed by atoms with E-state index < -0.39 is 38.7 Å². The van der Waals surface area contributed by atoms with E-state index in [-0.39, 0.29) is 59.7 Å². The average molecular weight is 771 g/mol. The van der Waals surface area contributed by atoms with Crippen LogP contribution in [-0.2, 0) is 50.6 Å². The zero-order chi connectivity index (χ0) is 37.6. The summed E-state index contributed by atoms with van der Waals surface area (Å²) in [6.07, 6.45) is 16.6. The van der Waals surface area contributed by atoms with Gasteiger partial charge in [-0.3, -0.25) is 18.1 Å². The van der Waals surface area contributed by atoms with Crippen molar-refractivity contribution in [1.29, 1.82) is 0 Å². The summed E-state index contributed by atoms with van der Waals surface area (Å²) >= 11 is 0. The van der Waals surface area contributed by atoms with Crippen molar-refractivity contribution in [2.75, 3.05) is 26.4 Å². The summed E-state index contributed by atoms with van der Waals surface area (Å²) in [6, 6.07) is 0. The molecule has 6 fully saturated rings. The molecule has 0 aromatic heterocycles. The summed E-state index contributed by atoms with van der Waals surface area (Å²) in [5, 5.41) is 0. The van der Waals surface area contributed by atoms with Crippen molar-refractivity contribution in [3.05, 3.63) is 71.9 Å². The molecule has 4 aliphatic carbocycles. The molecule has 4 saturated carbocycles. The smallest absolute Gasteiger partial charge is 0.458 e. The number of esters is 2. The second-order valence-corrected chi connectivity index (χ2v) is 20.9. The SMILES string of the molecule is C=C1CC[C@@H]2[C@]3(C)CO[P@](=O)(O[P@]4(=O)OC[C@@]5(C)[C@H]6CCC(=C)[C@@H](/C=C/C7=CCOC7=O)[C@]6(C)CC[C@H]5O4)O[C@@H]3CC[C@@]2(C)[C@@H]1/C=C/C1=CCOC1=O. The average Bonchev–Trinajstić information content (AvgIpc) is 3.71. The van der Waals surface area contributed by atoms with Crippen LogP contribution in [0.4, 0.5) is 0 Å². The molecule has 53 heavy (non-hydrogen) atoms. The van der Waals surface area contributed by atoms with Gasteiger partial charge in [-0.2, -0.15) is 4.31 Å². The lowest BCUT2D eigenvalue weighted by molar-refractivity contribution is -0.174. The summed E-state index contributed by atoms with van der Waals surface area (Å²) in [6.45, 7) is 18.4. The number of ether oxygens (including phenoxy) is 2. The maximum absolute atomic E-state index is 14.2. The minimum atomic E-state index is -4.33. The number of hydrogen-bond acceptors (Lipinski definition) is 11. The lowest BCUT2D eigenvalue weighted by Crippen LogP contribution is -2.59. The Hall–Kier alpha value is -2.36. The van der Waals surface area contributed by atoms with Crippen molar-refractivity contribution in [3.63, 3.8) is 0 Å². The van der Waals surface area contributed by atoms with Gasteiger partial charge >= 0.3 is 27.6 Å². The van der Waals surface area contributed by atoms with Gasteiger partial charge in [0.15, 0.2) is 0 Å². The Bertz CT molecular complexity index is 1720. The highest BCUT2D eigenvalue weighted by molar-refractivity contribution is 7.62. The van der Waals surface area contributed by atoms with E-state index in [1.807, 2.05) is 12.2 Å². The molecule has 12 atom stereocenters. The van der Waals surface area contributed by atoms with E-state index >= 15 is 0 Å². The van der Waals surface area contributed by atoms with E-state index in [0.29, 0.717) is 37.2 Å². The van der Waals surface area contributed by atoms with Gasteiger partial charge in [-0.15, -0.1) is 0 Å². The summed E-state index contributed by atoms with van der Waals surface area (Å²) in [5.41, 5.74) is 1.98. The lowest BCUT2D eigenvalue weighted by atomic mass is 9.46. The quantitative estimate of drug-likeness (QED) is 0.146. The maximum Gasteiger partial charge on any atom is 0.484 e. The van der Waals surface area contributed by atoms with Crippen LogP contribution in [0, 0.1) is 45.3 Å². The highest BCUT2D eigenvalue weighted by Gasteiger charge is 2.65. The van der Waals surface area contributed by atoms with Crippen LogP contribution in [0.3, 0.4) is 0 Å². The van der Waals surface area contributed by atoms with Crippen LogP contribution < -0.4 is 0 Å². The van der Waals surface area contributed by atoms with E-state index in [2.05, 4.69) is 53.0 Å². The second-order valence-electron chi connectivity index (χ2n) is 17.5. The van der Waals surface area contributed by atoms with Crippen molar-refractivity contribution in [2.24, 2.45) is 45.3 Å². The zero-order valence-electron chi connectivity index (χ0n) is 31.2. The third-order valence-corrected chi connectivity index (χ3v) is 18.1. The largest absolute Gasteiger partial charge is 0.484 e. The van der Waals surface area contributed by atoms with Gasteiger partial charge in [-0.25, -0.2) is 18.7 Å². The zero-order valence-corrected chi connectivity index (χ0v) is 33.0. The molecule has 0 spiro atoms. The molecular weight excluding hydrogens is 718 g/mol. The van der Waals surface area contributed by atoms with Crippen molar-refractivity contribution >= 4 is 27.6 Å². The number of rotatable bonds is 6. The van der Waals surface area contributed by atoms with E-state index in [1.54, 1.807) is 12.2 Å². The third-order valence-electron chi connectivity index (χ3n) is 14.6. The Morgan fingerprint density at radius 3 is 1.47 bits per heavy atom. The van der Waals surface area contributed by atoms with Gasteiger partial charge in [-0.1, -0.05) is 76.3 Å². The Morgan fingerprint density at radius 1 is 0.679 bits per heavy atom. The molecule has 0 N–H and O–H groups in total. The maximum atomic E-state index is 14.2.